The van der Waals surface area contributed by atoms with Gasteiger partial charge in [0.15, 0.2) is 0 Å². The van der Waals surface area contributed by atoms with Crippen molar-refractivity contribution in [2.45, 2.75) is 19.0 Å². The minimum Gasteiger partial charge on any atom is -0.309 e. The highest BCUT2D eigenvalue weighted by Crippen LogP contribution is 2.37. The zero-order chi connectivity index (χ0) is 13.8. The molecule has 1 heterocycles. The molecule has 0 radical (unpaired) electrons. The predicted molar refractivity (Wildman–Crippen MR) is 71.4 cm³/mol. The standard InChI is InChI=1S/C16H14O4/c17-11-10-12-6-4-5-9-14(12)16-18-15(19-20-16)13-7-2-1-3-8-13/h1-9,11,15-16H,10H2. The van der Waals surface area contributed by atoms with Crippen molar-refractivity contribution in [3.8, 4) is 0 Å². The van der Waals surface area contributed by atoms with Gasteiger partial charge in [-0.1, -0.05) is 54.6 Å². The van der Waals surface area contributed by atoms with Crippen LogP contribution in [0.25, 0.3) is 0 Å². The maximum absolute atomic E-state index is 10.7. The van der Waals surface area contributed by atoms with E-state index in [0.717, 1.165) is 23.0 Å². The van der Waals surface area contributed by atoms with Crippen LogP contribution >= 0.6 is 0 Å². The molecule has 2 aromatic carbocycles. The summed E-state index contributed by atoms with van der Waals surface area (Å²) in [6.45, 7) is 0. The largest absolute Gasteiger partial charge is 0.309 e. The predicted octanol–water partition coefficient (Wildman–Crippen LogP) is 3.10. The SMILES string of the molecule is O=CCc1ccccc1C1OOC(c2ccccc2)O1. The third-order valence-electron chi connectivity index (χ3n) is 3.16. The highest BCUT2D eigenvalue weighted by atomic mass is 17.3. The van der Waals surface area contributed by atoms with Gasteiger partial charge >= 0.3 is 0 Å². The number of hydrogen-bond acceptors (Lipinski definition) is 4. The average Bonchev–Trinajstić information content (AvgIpc) is 2.99. The Bertz CT molecular complexity index is 582. The van der Waals surface area contributed by atoms with Crippen molar-refractivity contribution in [1.29, 1.82) is 0 Å². The van der Waals surface area contributed by atoms with Crippen LogP contribution in [0.15, 0.2) is 54.6 Å². The Hall–Kier alpha value is -2.01. The number of ether oxygens (including phenoxy) is 1. The molecule has 0 N–H and O–H groups in total. The van der Waals surface area contributed by atoms with E-state index in [1.807, 2.05) is 54.6 Å². The molecule has 2 aromatic rings. The van der Waals surface area contributed by atoms with Crippen molar-refractivity contribution in [3.63, 3.8) is 0 Å². The van der Waals surface area contributed by atoms with E-state index in [1.165, 1.54) is 0 Å². The molecule has 1 fully saturated rings. The number of aldehydes is 1. The van der Waals surface area contributed by atoms with Gasteiger partial charge in [-0.15, -0.1) is 0 Å². The second kappa shape index (κ2) is 5.96. The summed E-state index contributed by atoms with van der Waals surface area (Å²) in [7, 11) is 0. The van der Waals surface area contributed by atoms with Gasteiger partial charge in [-0.2, -0.15) is 9.78 Å². The maximum Gasteiger partial charge on any atom is 0.220 e. The normalized spacial score (nSPS) is 21.8. The van der Waals surface area contributed by atoms with Crippen molar-refractivity contribution >= 4 is 6.29 Å². The number of carbonyl (C=O) groups excluding carboxylic acids is 1. The summed E-state index contributed by atoms with van der Waals surface area (Å²) in [5.74, 6) is 0. The van der Waals surface area contributed by atoms with E-state index in [1.54, 1.807) is 0 Å². The first-order chi connectivity index (χ1) is 9.88. The lowest BCUT2D eigenvalue weighted by atomic mass is 10.0. The molecule has 0 aliphatic carbocycles. The summed E-state index contributed by atoms with van der Waals surface area (Å²) in [5, 5.41) is 0. The first-order valence-electron chi connectivity index (χ1n) is 6.42. The first-order valence-corrected chi connectivity index (χ1v) is 6.42. The molecule has 4 nitrogen and oxygen atoms in total. The molecule has 0 aromatic heterocycles. The smallest absolute Gasteiger partial charge is 0.220 e. The third kappa shape index (κ3) is 2.63. The van der Waals surface area contributed by atoms with E-state index in [2.05, 4.69) is 0 Å². The van der Waals surface area contributed by atoms with Gasteiger partial charge in [0.2, 0.25) is 12.6 Å². The Kier molecular flexibility index (Phi) is 3.87. The Balaban J connectivity index is 1.79. The van der Waals surface area contributed by atoms with Gasteiger partial charge in [0.1, 0.15) is 6.29 Å². The lowest BCUT2D eigenvalue weighted by molar-refractivity contribution is -0.300. The first kappa shape index (κ1) is 13.0. The molecule has 2 unspecified atom stereocenters. The number of carbonyl (C=O) groups is 1. The average molecular weight is 270 g/mol. The highest BCUT2D eigenvalue weighted by molar-refractivity contribution is 5.56. The van der Waals surface area contributed by atoms with Crippen LogP contribution in [0.2, 0.25) is 0 Å². The van der Waals surface area contributed by atoms with E-state index in [0.29, 0.717) is 6.42 Å². The molecule has 4 heteroatoms. The molecule has 1 aliphatic heterocycles. The van der Waals surface area contributed by atoms with Gasteiger partial charge in [0.25, 0.3) is 0 Å². The summed E-state index contributed by atoms with van der Waals surface area (Å²) < 4.78 is 5.76. The summed E-state index contributed by atoms with van der Waals surface area (Å²) in [6, 6.07) is 17.1. The van der Waals surface area contributed by atoms with Gasteiger partial charge in [0.05, 0.1) is 0 Å². The molecular formula is C16H14O4. The van der Waals surface area contributed by atoms with Gasteiger partial charge in [-0.25, -0.2) is 0 Å². The number of hydrogen-bond donors (Lipinski definition) is 0. The van der Waals surface area contributed by atoms with Crippen LogP contribution in [0.3, 0.4) is 0 Å². The molecule has 0 amide bonds. The molecule has 0 saturated carbocycles. The van der Waals surface area contributed by atoms with Crippen LogP contribution in [0.5, 0.6) is 0 Å². The molecule has 0 spiro atoms. The van der Waals surface area contributed by atoms with Gasteiger partial charge in [0, 0.05) is 17.5 Å². The molecule has 102 valence electrons. The number of rotatable bonds is 4. The molecule has 0 bridgehead atoms. The van der Waals surface area contributed by atoms with Crippen molar-refractivity contribution in [3.05, 3.63) is 71.3 Å². The fourth-order valence-electron chi connectivity index (χ4n) is 2.17. The van der Waals surface area contributed by atoms with Crippen LogP contribution in [-0.4, -0.2) is 6.29 Å². The monoisotopic (exact) mass is 270 g/mol. The fourth-order valence-corrected chi connectivity index (χ4v) is 2.17. The van der Waals surface area contributed by atoms with Crippen LogP contribution in [0, 0.1) is 0 Å². The van der Waals surface area contributed by atoms with Crippen molar-refractivity contribution < 1.29 is 19.3 Å². The topological polar surface area (TPSA) is 44.8 Å². The molecule has 2 atom stereocenters. The van der Waals surface area contributed by atoms with Crippen LogP contribution in [-0.2, 0) is 25.7 Å². The zero-order valence-electron chi connectivity index (χ0n) is 10.8. The third-order valence-corrected chi connectivity index (χ3v) is 3.16. The summed E-state index contributed by atoms with van der Waals surface area (Å²) in [5.41, 5.74) is 2.59. The van der Waals surface area contributed by atoms with Gasteiger partial charge in [-0.3, -0.25) is 0 Å². The minimum atomic E-state index is -0.614. The van der Waals surface area contributed by atoms with E-state index >= 15 is 0 Å². The summed E-state index contributed by atoms with van der Waals surface area (Å²) >= 11 is 0. The Morgan fingerprint density at radius 1 is 0.900 bits per heavy atom. The molecule has 1 aliphatic rings. The van der Waals surface area contributed by atoms with E-state index in [4.69, 9.17) is 14.5 Å². The molecular weight excluding hydrogens is 256 g/mol. The lowest BCUT2D eigenvalue weighted by Gasteiger charge is -2.11. The van der Waals surface area contributed by atoms with Crippen molar-refractivity contribution in [2.24, 2.45) is 0 Å². The van der Waals surface area contributed by atoms with Gasteiger partial charge < -0.3 is 9.53 Å². The Morgan fingerprint density at radius 3 is 2.40 bits per heavy atom. The molecule has 3 rings (SSSR count). The minimum absolute atomic E-state index is 0.329. The van der Waals surface area contributed by atoms with E-state index in [-0.39, 0.29) is 0 Å². The van der Waals surface area contributed by atoms with Crippen LogP contribution < -0.4 is 0 Å². The highest BCUT2D eigenvalue weighted by Gasteiger charge is 2.31. The van der Waals surface area contributed by atoms with E-state index in [9.17, 15) is 4.79 Å². The van der Waals surface area contributed by atoms with Crippen molar-refractivity contribution in [1.82, 2.24) is 0 Å². The molecule has 20 heavy (non-hydrogen) atoms. The second-order valence-corrected chi connectivity index (χ2v) is 4.47. The van der Waals surface area contributed by atoms with Gasteiger partial charge in [-0.05, 0) is 5.56 Å². The quantitative estimate of drug-likeness (QED) is 0.632. The summed E-state index contributed by atoms with van der Waals surface area (Å²) in [6.07, 6.45) is 0.0282. The van der Waals surface area contributed by atoms with Crippen molar-refractivity contribution in [2.75, 3.05) is 0 Å². The summed E-state index contributed by atoms with van der Waals surface area (Å²) in [4.78, 5) is 21.2. The lowest BCUT2D eigenvalue weighted by Crippen LogP contribution is -2.04. The zero-order valence-corrected chi connectivity index (χ0v) is 10.8. The molecule has 1 saturated heterocycles. The second-order valence-electron chi connectivity index (χ2n) is 4.47. The maximum atomic E-state index is 10.7. The van der Waals surface area contributed by atoms with E-state index < -0.39 is 12.6 Å². The Labute approximate surface area is 116 Å². The van der Waals surface area contributed by atoms with Crippen LogP contribution in [0.4, 0.5) is 0 Å². The Morgan fingerprint density at radius 2 is 1.60 bits per heavy atom. The number of benzene rings is 2. The fraction of sp³-hybridized carbons (Fsp3) is 0.188. The van der Waals surface area contributed by atoms with Crippen LogP contribution in [0.1, 0.15) is 29.3 Å².